The Bertz CT molecular complexity index is 1970. The molecule has 0 bridgehead atoms. The maximum absolute atomic E-state index is 14.8. The van der Waals surface area contributed by atoms with Crippen molar-refractivity contribution in [2.75, 3.05) is 82.4 Å². The molecule has 0 saturated carbocycles. The molecule has 11 nitrogen and oxygen atoms in total. The van der Waals surface area contributed by atoms with Gasteiger partial charge in [0.2, 0.25) is 17.7 Å². The first-order valence-electron chi connectivity index (χ1n) is 20.9. The van der Waals surface area contributed by atoms with Crippen LogP contribution in [-0.4, -0.2) is 127 Å². The molecule has 0 spiro atoms. The number of benzene rings is 4. The number of hydrogen-bond acceptors (Lipinski definition) is 8. The highest BCUT2D eigenvalue weighted by atomic mass is 16.5. The molecule has 312 valence electrons. The van der Waals surface area contributed by atoms with Gasteiger partial charge in [0.1, 0.15) is 11.8 Å². The number of aliphatic hydroxyl groups excluding tert-OH is 1. The van der Waals surface area contributed by atoms with Crippen molar-refractivity contribution in [1.82, 2.24) is 19.6 Å². The summed E-state index contributed by atoms with van der Waals surface area (Å²) < 4.78 is 5.82. The van der Waals surface area contributed by atoms with E-state index in [9.17, 15) is 19.5 Å². The predicted octanol–water partition coefficient (Wildman–Crippen LogP) is 5.57. The smallest absolute Gasteiger partial charge is 0.247 e. The van der Waals surface area contributed by atoms with Gasteiger partial charge in [-0.25, -0.2) is 0 Å². The molecule has 59 heavy (non-hydrogen) atoms. The maximum atomic E-state index is 14.8. The summed E-state index contributed by atoms with van der Waals surface area (Å²) in [5, 5.41) is 9.31. The van der Waals surface area contributed by atoms with Gasteiger partial charge in [-0.15, -0.1) is 0 Å². The van der Waals surface area contributed by atoms with Crippen LogP contribution in [0.25, 0.3) is 6.08 Å². The topological polar surface area (TPSA) is 100 Å². The zero-order chi connectivity index (χ0) is 41.7. The van der Waals surface area contributed by atoms with Crippen LogP contribution in [0.1, 0.15) is 43.0 Å². The number of rotatable bonds is 16. The Morgan fingerprint density at radius 1 is 0.746 bits per heavy atom. The average molecular weight is 801 g/mol. The molecular formula is C48H60N6O5. The molecule has 4 aromatic carbocycles. The van der Waals surface area contributed by atoms with Crippen LogP contribution in [0.4, 0.5) is 11.4 Å². The number of carbonyl (C=O) groups excluding carboxylic acids is 3. The Hall–Kier alpha value is -5.65. The first kappa shape index (κ1) is 42.9. The second-order valence-electron chi connectivity index (χ2n) is 15.8. The molecule has 6 rings (SSSR count). The molecule has 2 aliphatic heterocycles. The number of ether oxygens (including phenoxy) is 1. The third-order valence-electron chi connectivity index (χ3n) is 11.2. The van der Waals surface area contributed by atoms with E-state index in [1.165, 1.54) is 5.56 Å². The minimum atomic E-state index is -0.731. The van der Waals surface area contributed by atoms with Gasteiger partial charge >= 0.3 is 0 Å². The summed E-state index contributed by atoms with van der Waals surface area (Å²) in [6.45, 7) is 12.8. The number of carbonyl (C=O) groups is 3. The van der Waals surface area contributed by atoms with E-state index in [2.05, 4.69) is 46.2 Å². The number of likely N-dealkylation sites (N-methyl/N-ethyl adjacent to an activating group) is 1. The molecule has 1 atom stereocenters. The molecule has 2 aliphatic rings. The van der Waals surface area contributed by atoms with Gasteiger partial charge in [-0.05, 0) is 78.6 Å². The monoisotopic (exact) mass is 800 g/mol. The first-order valence-corrected chi connectivity index (χ1v) is 20.9. The van der Waals surface area contributed by atoms with Crippen LogP contribution in [-0.2, 0) is 33.9 Å². The number of piperazine rings is 2. The number of amides is 3. The Morgan fingerprint density at radius 3 is 1.98 bits per heavy atom. The minimum absolute atomic E-state index is 0.0540. The van der Waals surface area contributed by atoms with Crippen molar-refractivity contribution in [3.05, 3.63) is 131 Å². The maximum Gasteiger partial charge on any atom is 0.247 e. The van der Waals surface area contributed by atoms with Gasteiger partial charge in [0, 0.05) is 110 Å². The summed E-state index contributed by atoms with van der Waals surface area (Å²) in [5.74, 6) is 0.574. The molecule has 2 saturated heterocycles. The van der Waals surface area contributed by atoms with Crippen LogP contribution in [0, 0.1) is 0 Å². The summed E-state index contributed by atoms with van der Waals surface area (Å²) in [6.07, 6.45) is 3.83. The second kappa shape index (κ2) is 20.9. The molecule has 3 amide bonds. The second-order valence-corrected chi connectivity index (χ2v) is 15.8. The van der Waals surface area contributed by atoms with E-state index in [1.807, 2.05) is 102 Å². The van der Waals surface area contributed by atoms with Crippen molar-refractivity contribution in [3.8, 4) is 5.75 Å². The van der Waals surface area contributed by atoms with Crippen LogP contribution in [0.5, 0.6) is 5.75 Å². The zero-order valence-corrected chi connectivity index (χ0v) is 35.1. The van der Waals surface area contributed by atoms with Crippen LogP contribution in [0.15, 0.2) is 109 Å². The van der Waals surface area contributed by atoms with E-state index in [4.69, 9.17) is 4.74 Å². The standard InChI is InChI=1S/C48H60N6O5/c1-37(2)59-45-21-14-39(15-22-45)16-23-47(57)54(36-42-12-19-44(20-13-42)52-30-28-51(29-31-52)38(3)56)46(34-40-8-6-5-7-9-40)48(58)53-26-24-50(25-27-53)35-41-10-17-43(18-11-41)49(4)32-33-55/h5-23,37,46,55H,24-36H2,1-4H3/b23-16+/t46-/m0/s1. The molecule has 1 N–H and O–H groups in total. The zero-order valence-electron chi connectivity index (χ0n) is 35.1. The lowest BCUT2D eigenvalue weighted by molar-refractivity contribution is -0.145. The van der Waals surface area contributed by atoms with E-state index in [0.717, 1.165) is 66.5 Å². The molecule has 0 unspecified atom stereocenters. The van der Waals surface area contributed by atoms with E-state index >= 15 is 0 Å². The van der Waals surface area contributed by atoms with Crippen LogP contribution >= 0.6 is 0 Å². The van der Waals surface area contributed by atoms with Crippen molar-refractivity contribution in [2.24, 2.45) is 0 Å². The number of anilines is 2. The fourth-order valence-electron chi connectivity index (χ4n) is 7.72. The van der Waals surface area contributed by atoms with Crippen LogP contribution in [0.3, 0.4) is 0 Å². The first-order chi connectivity index (χ1) is 28.6. The highest BCUT2D eigenvalue weighted by molar-refractivity contribution is 5.96. The molecule has 0 radical (unpaired) electrons. The lowest BCUT2D eigenvalue weighted by atomic mass is 10.0. The molecule has 0 aliphatic carbocycles. The lowest BCUT2D eigenvalue weighted by Gasteiger charge is -2.39. The fraction of sp³-hybridized carbons (Fsp3) is 0.396. The lowest BCUT2D eigenvalue weighted by Crippen LogP contribution is -2.56. The summed E-state index contributed by atoms with van der Waals surface area (Å²) in [4.78, 5) is 53.4. The highest BCUT2D eigenvalue weighted by Crippen LogP contribution is 2.23. The third kappa shape index (κ3) is 12.2. The van der Waals surface area contributed by atoms with Crippen LogP contribution in [0.2, 0.25) is 0 Å². The third-order valence-corrected chi connectivity index (χ3v) is 11.2. The largest absolute Gasteiger partial charge is 0.491 e. The number of hydrogen-bond donors (Lipinski definition) is 1. The Labute approximate surface area is 350 Å². The molecule has 2 fully saturated rings. The number of nitrogens with zero attached hydrogens (tertiary/aromatic N) is 6. The summed E-state index contributed by atoms with van der Waals surface area (Å²) in [7, 11) is 1.97. The molecule has 0 aromatic heterocycles. The van der Waals surface area contributed by atoms with Crippen molar-refractivity contribution < 1.29 is 24.2 Å². The Kier molecular flexibility index (Phi) is 15.2. The van der Waals surface area contributed by atoms with E-state index in [0.29, 0.717) is 39.1 Å². The Balaban J connectivity index is 1.21. The van der Waals surface area contributed by atoms with E-state index in [-0.39, 0.29) is 37.0 Å². The van der Waals surface area contributed by atoms with Crippen molar-refractivity contribution in [2.45, 2.75) is 52.4 Å². The van der Waals surface area contributed by atoms with Gasteiger partial charge in [-0.1, -0.05) is 66.7 Å². The summed E-state index contributed by atoms with van der Waals surface area (Å²) in [6, 6.07) is 33.5. The van der Waals surface area contributed by atoms with Gasteiger partial charge < -0.3 is 34.3 Å². The predicted molar refractivity (Wildman–Crippen MR) is 235 cm³/mol. The van der Waals surface area contributed by atoms with Crippen LogP contribution < -0.4 is 14.5 Å². The van der Waals surface area contributed by atoms with Crippen molar-refractivity contribution in [1.29, 1.82) is 0 Å². The molecular weight excluding hydrogens is 741 g/mol. The van der Waals surface area contributed by atoms with Gasteiger partial charge in [0.05, 0.1) is 12.7 Å². The molecule has 11 heteroatoms. The van der Waals surface area contributed by atoms with Gasteiger partial charge in [0.25, 0.3) is 0 Å². The average Bonchev–Trinajstić information content (AvgIpc) is 3.25. The van der Waals surface area contributed by atoms with E-state index < -0.39 is 6.04 Å². The minimum Gasteiger partial charge on any atom is -0.491 e. The number of aliphatic hydroxyl groups is 1. The van der Waals surface area contributed by atoms with Gasteiger partial charge in [-0.2, -0.15) is 0 Å². The quantitative estimate of drug-likeness (QED) is 0.147. The van der Waals surface area contributed by atoms with Crippen molar-refractivity contribution in [3.63, 3.8) is 0 Å². The van der Waals surface area contributed by atoms with Gasteiger partial charge in [0.15, 0.2) is 0 Å². The Morgan fingerprint density at radius 2 is 1.37 bits per heavy atom. The normalized spacial score (nSPS) is 15.4. The molecule has 4 aromatic rings. The highest BCUT2D eigenvalue weighted by Gasteiger charge is 2.34. The summed E-state index contributed by atoms with van der Waals surface area (Å²) in [5.41, 5.74) is 6.10. The van der Waals surface area contributed by atoms with Gasteiger partial charge in [-0.3, -0.25) is 19.3 Å². The van der Waals surface area contributed by atoms with Crippen molar-refractivity contribution >= 4 is 35.2 Å². The SMILES string of the molecule is CC(=O)N1CCN(c2ccc(CN(C(=O)/C=C/c3ccc(OC(C)C)cc3)[C@@H](Cc3ccccc3)C(=O)N3CCN(Cc4ccc(N(C)CCO)cc4)CC3)cc2)CC1. The fourth-order valence-corrected chi connectivity index (χ4v) is 7.72. The summed E-state index contributed by atoms with van der Waals surface area (Å²) >= 11 is 0. The van der Waals surface area contributed by atoms with E-state index in [1.54, 1.807) is 24.0 Å². The molecule has 2 heterocycles.